The number of fused-ring (bicyclic) bond motifs is 1. The standard InChI is InChI=1S/C9H6BrClO/c1-5-6-2-3-12-9(6)8(11)4-7(5)10/h2-4H,1H3. The van der Waals surface area contributed by atoms with Crippen molar-refractivity contribution in [1.29, 1.82) is 0 Å². The van der Waals surface area contributed by atoms with E-state index in [4.69, 9.17) is 16.0 Å². The van der Waals surface area contributed by atoms with Crippen molar-refractivity contribution in [2.24, 2.45) is 0 Å². The van der Waals surface area contributed by atoms with Gasteiger partial charge in [0.1, 0.15) is 0 Å². The Bertz CT molecular complexity index is 433. The number of halogens is 2. The second kappa shape index (κ2) is 2.79. The summed E-state index contributed by atoms with van der Waals surface area (Å²) in [5, 5.41) is 1.71. The van der Waals surface area contributed by atoms with Crippen molar-refractivity contribution in [3.8, 4) is 0 Å². The minimum absolute atomic E-state index is 0.646. The minimum Gasteiger partial charge on any atom is -0.463 e. The molecule has 62 valence electrons. The molecule has 0 fully saturated rings. The fourth-order valence-corrected chi connectivity index (χ4v) is 2.03. The third-order valence-corrected chi connectivity index (χ3v) is 3.00. The number of benzene rings is 1. The van der Waals surface area contributed by atoms with Gasteiger partial charge in [-0.25, -0.2) is 0 Å². The SMILES string of the molecule is Cc1c(Br)cc(Cl)c2occc12. The van der Waals surface area contributed by atoms with Crippen LogP contribution in [0.25, 0.3) is 11.0 Å². The summed E-state index contributed by atoms with van der Waals surface area (Å²) in [4.78, 5) is 0. The van der Waals surface area contributed by atoms with Crippen LogP contribution in [-0.4, -0.2) is 0 Å². The van der Waals surface area contributed by atoms with E-state index >= 15 is 0 Å². The highest BCUT2D eigenvalue weighted by atomic mass is 79.9. The summed E-state index contributed by atoms with van der Waals surface area (Å²) in [5.41, 5.74) is 1.92. The highest BCUT2D eigenvalue weighted by molar-refractivity contribution is 9.10. The topological polar surface area (TPSA) is 13.1 Å². The van der Waals surface area contributed by atoms with Crippen molar-refractivity contribution < 1.29 is 4.42 Å². The second-order valence-electron chi connectivity index (χ2n) is 2.63. The minimum atomic E-state index is 0.646. The third-order valence-electron chi connectivity index (χ3n) is 1.90. The average Bonchev–Trinajstić information content (AvgIpc) is 2.48. The van der Waals surface area contributed by atoms with Crippen LogP contribution in [0, 0.1) is 6.92 Å². The number of rotatable bonds is 0. The molecule has 2 aromatic rings. The molecule has 1 aromatic carbocycles. The first-order valence-corrected chi connectivity index (χ1v) is 4.69. The molecule has 0 unspecified atom stereocenters. The monoisotopic (exact) mass is 244 g/mol. The van der Waals surface area contributed by atoms with Gasteiger partial charge >= 0.3 is 0 Å². The van der Waals surface area contributed by atoms with E-state index in [1.165, 1.54) is 0 Å². The molecule has 1 heterocycles. The summed E-state index contributed by atoms with van der Waals surface area (Å²) in [6.07, 6.45) is 1.65. The molecule has 0 aliphatic rings. The van der Waals surface area contributed by atoms with Crippen LogP contribution in [0.5, 0.6) is 0 Å². The highest BCUT2D eigenvalue weighted by Gasteiger charge is 2.07. The summed E-state index contributed by atoms with van der Waals surface area (Å²) < 4.78 is 6.25. The molecule has 0 saturated heterocycles. The van der Waals surface area contributed by atoms with E-state index in [9.17, 15) is 0 Å². The van der Waals surface area contributed by atoms with E-state index in [1.807, 2.05) is 19.1 Å². The Kier molecular flexibility index (Phi) is 1.89. The molecule has 0 bridgehead atoms. The Hall–Kier alpha value is -0.470. The van der Waals surface area contributed by atoms with Gasteiger partial charge in [-0.1, -0.05) is 27.5 Å². The van der Waals surface area contributed by atoms with Crippen LogP contribution in [-0.2, 0) is 0 Å². The first-order chi connectivity index (χ1) is 5.70. The zero-order valence-electron chi connectivity index (χ0n) is 6.40. The van der Waals surface area contributed by atoms with Crippen LogP contribution in [0.2, 0.25) is 5.02 Å². The summed E-state index contributed by atoms with van der Waals surface area (Å²) in [6, 6.07) is 3.77. The van der Waals surface area contributed by atoms with Crippen molar-refractivity contribution in [2.75, 3.05) is 0 Å². The molecule has 0 aliphatic heterocycles. The van der Waals surface area contributed by atoms with Gasteiger partial charge in [0.25, 0.3) is 0 Å². The number of furan rings is 1. The second-order valence-corrected chi connectivity index (χ2v) is 3.89. The highest BCUT2D eigenvalue weighted by Crippen LogP contribution is 2.32. The summed E-state index contributed by atoms with van der Waals surface area (Å²) >= 11 is 9.38. The lowest BCUT2D eigenvalue weighted by molar-refractivity contribution is 0.616. The smallest absolute Gasteiger partial charge is 0.152 e. The van der Waals surface area contributed by atoms with Crippen LogP contribution in [0.1, 0.15) is 5.56 Å². The van der Waals surface area contributed by atoms with Crippen molar-refractivity contribution in [2.45, 2.75) is 6.92 Å². The van der Waals surface area contributed by atoms with E-state index in [2.05, 4.69) is 15.9 Å². The fraction of sp³-hybridized carbons (Fsp3) is 0.111. The van der Waals surface area contributed by atoms with E-state index < -0.39 is 0 Å². The first kappa shape index (κ1) is 8.14. The molecule has 12 heavy (non-hydrogen) atoms. The number of hydrogen-bond donors (Lipinski definition) is 0. The molecular formula is C9H6BrClO. The van der Waals surface area contributed by atoms with Gasteiger partial charge in [0.15, 0.2) is 5.58 Å². The molecule has 1 nitrogen and oxygen atoms in total. The quantitative estimate of drug-likeness (QED) is 0.679. The summed E-state index contributed by atoms with van der Waals surface area (Å²) in [5.74, 6) is 0. The van der Waals surface area contributed by atoms with E-state index in [0.29, 0.717) is 5.02 Å². The predicted molar refractivity (Wildman–Crippen MR) is 53.7 cm³/mol. The predicted octanol–water partition coefficient (Wildman–Crippen LogP) is 4.16. The van der Waals surface area contributed by atoms with Gasteiger partial charge in [-0.2, -0.15) is 0 Å². The number of hydrogen-bond acceptors (Lipinski definition) is 1. The molecule has 0 saturated carbocycles. The Morgan fingerprint density at radius 3 is 3.00 bits per heavy atom. The molecule has 2 rings (SSSR count). The molecule has 3 heteroatoms. The maximum atomic E-state index is 5.95. The Morgan fingerprint density at radius 1 is 1.50 bits per heavy atom. The Labute approximate surface area is 83.4 Å². The maximum absolute atomic E-state index is 5.95. The van der Waals surface area contributed by atoms with Crippen LogP contribution in [0.3, 0.4) is 0 Å². The lowest BCUT2D eigenvalue weighted by Crippen LogP contribution is -1.77. The average molecular weight is 246 g/mol. The van der Waals surface area contributed by atoms with Gasteiger partial charge in [0, 0.05) is 9.86 Å². The molecule has 0 radical (unpaired) electrons. The van der Waals surface area contributed by atoms with Gasteiger partial charge in [-0.15, -0.1) is 0 Å². The lowest BCUT2D eigenvalue weighted by Gasteiger charge is -2.00. The largest absolute Gasteiger partial charge is 0.463 e. The van der Waals surface area contributed by atoms with Crippen LogP contribution in [0.4, 0.5) is 0 Å². The Balaban J connectivity index is 2.97. The van der Waals surface area contributed by atoms with Crippen LogP contribution in [0.15, 0.2) is 27.3 Å². The summed E-state index contributed by atoms with van der Waals surface area (Å²) in [7, 11) is 0. The lowest BCUT2D eigenvalue weighted by atomic mass is 10.1. The molecule has 1 aromatic heterocycles. The van der Waals surface area contributed by atoms with Crippen molar-refractivity contribution in [3.63, 3.8) is 0 Å². The molecule has 0 spiro atoms. The molecule has 0 aliphatic carbocycles. The Morgan fingerprint density at radius 2 is 2.25 bits per heavy atom. The molecule has 0 amide bonds. The zero-order valence-corrected chi connectivity index (χ0v) is 8.74. The van der Waals surface area contributed by atoms with E-state index in [-0.39, 0.29) is 0 Å². The maximum Gasteiger partial charge on any atom is 0.152 e. The van der Waals surface area contributed by atoms with Crippen molar-refractivity contribution >= 4 is 38.5 Å². The zero-order chi connectivity index (χ0) is 8.72. The van der Waals surface area contributed by atoms with Gasteiger partial charge in [-0.05, 0) is 24.6 Å². The normalized spacial score (nSPS) is 10.9. The first-order valence-electron chi connectivity index (χ1n) is 3.52. The molecular weight excluding hydrogens is 239 g/mol. The van der Waals surface area contributed by atoms with Crippen molar-refractivity contribution in [3.05, 3.63) is 33.5 Å². The van der Waals surface area contributed by atoms with Gasteiger partial charge in [0.05, 0.1) is 11.3 Å². The van der Waals surface area contributed by atoms with E-state index in [1.54, 1.807) is 6.26 Å². The van der Waals surface area contributed by atoms with E-state index in [0.717, 1.165) is 21.0 Å². The van der Waals surface area contributed by atoms with Crippen LogP contribution < -0.4 is 0 Å². The number of aryl methyl sites for hydroxylation is 1. The van der Waals surface area contributed by atoms with Gasteiger partial charge < -0.3 is 4.42 Å². The van der Waals surface area contributed by atoms with Crippen LogP contribution >= 0.6 is 27.5 Å². The van der Waals surface area contributed by atoms with Crippen molar-refractivity contribution in [1.82, 2.24) is 0 Å². The third kappa shape index (κ3) is 1.06. The molecule has 0 N–H and O–H groups in total. The molecule has 0 atom stereocenters. The van der Waals surface area contributed by atoms with Gasteiger partial charge in [0.2, 0.25) is 0 Å². The summed E-state index contributed by atoms with van der Waals surface area (Å²) in [6.45, 7) is 2.03. The fourth-order valence-electron chi connectivity index (χ4n) is 1.20. The van der Waals surface area contributed by atoms with Gasteiger partial charge in [-0.3, -0.25) is 0 Å².